The number of hydrogen-bond donors (Lipinski definition) is 3. The van der Waals surface area contributed by atoms with E-state index in [1.165, 1.54) is 6.92 Å². The summed E-state index contributed by atoms with van der Waals surface area (Å²) in [6.07, 6.45) is 3.70. The highest BCUT2D eigenvalue weighted by molar-refractivity contribution is 5.99. The van der Waals surface area contributed by atoms with E-state index in [2.05, 4.69) is 5.32 Å². The number of rotatable bonds is 3. The van der Waals surface area contributed by atoms with E-state index in [0.717, 1.165) is 5.69 Å². The molecule has 0 aliphatic heterocycles. The number of benzene rings is 1. The van der Waals surface area contributed by atoms with Crippen LogP contribution in [0.1, 0.15) is 19.4 Å². The lowest BCUT2D eigenvalue weighted by Crippen LogP contribution is -2.08. The van der Waals surface area contributed by atoms with E-state index in [1.54, 1.807) is 12.1 Å². The molecule has 0 heterocycles. The van der Waals surface area contributed by atoms with Gasteiger partial charge in [0.25, 0.3) is 0 Å². The minimum Gasteiger partial charge on any atom is -0.426 e. The normalized spacial score (nSPS) is 10.1. The van der Waals surface area contributed by atoms with E-state index in [9.17, 15) is 0 Å². The van der Waals surface area contributed by atoms with Gasteiger partial charge in [-0.25, -0.2) is 0 Å². The molecule has 0 radical (unpaired) electrons. The van der Waals surface area contributed by atoms with E-state index in [4.69, 9.17) is 15.6 Å². The Morgan fingerprint density at radius 3 is 2.75 bits per heavy atom. The summed E-state index contributed by atoms with van der Waals surface area (Å²) in [7, 11) is 0. The van der Waals surface area contributed by atoms with Crippen molar-refractivity contribution >= 4 is 17.5 Å². The summed E-state index contributed by atoms with van der Waals surface area (Å²) < 4.78 is 4.92. The zero-order valence-electron chi connectivity index (χ0n) is 9.37. The first-order valence-electron chi connectivity index (χ1n) is 4.93. The summed E-state index contributed by atoms with van der Waals surface area (Å²) >= 11 is 0. The third-order valence-corrected chi connectivity index (χ3v) is 1.80. The van der Waals surface area contributed by atoms with Gasteiger partial charge in [0.2, 0.25) is 5.90 Å². The van der Waals surface area contributed by atoms with Crippen LogP contribution in [0, 0.1) is 10.8 Å². The highest BCUT2D eigenvalue weighted by atomic mass is 16.5. The monoisotopic (exact) mass is 217 g/mol. The molecule has 0 amide bonds. The molecule has 1 rings (SSSR count). The molecule has 0 saturated heterocycles. The Kier molecular flexibility index (Phi) is 4.27. The van der Waals surface area contributed by atoms with Crippen molar-refractivity contribution < 1.29 is 4.74 Å². The predicted octanol–water partition coefficient (Wildman–Crippen LogP) is 2.97. The van der Waals surface area contributed by atoms with Crippen LogP contribution < -0.4 is 5.32 Å². The minimum atomic E-state index is -0.0170. The number of anilines is 1. The molecule has 0 saturated carbocycles. The Morgan fingerprint density at radius 1 is 1.38 bits per heavy atom. The van der Waals surface area contributed by atoms with Crippen LogP contribution in [-0.2, 0) is 4.74 Å². The Balaban J connectivity index is 2.81. The largest absolute Gasteiger partial charge is 0.426 e. The van der Waals surface area contributed by atoms with Gasteiger partial charge in [-0.05, 0) is 31.3 Å². The van der Waals surface area contributed by atoms with Crippen LogP contribution in [0.5, 0.6) is 0 Å². The van der Waals surface area contributed by atoms with Gasteiger partial charge >= 0.3 is 0 Å². The molecule has 4 heteroatoms. The summed E-state index contributed by atoms with van der Waals surface area (Å²) in [5.74, 6) is -0.00607. The molecule has 0 unspecified atom stereocenters. The Bertz CT molecular complexity index is 424. The molecule has 0 atom stereocenters. The van der Waals surface area contributed by atoms with Crippen molar-refractivity contribution in [3.8, 4) is 0 Å². The summed E-state index contributed by atoms with van der Waals surface area (Å²) in [5, 5.41) is 17.8. The van der Waals surface area contributed by atoms with Crippen molar-refractivity contribution in [2.75, 3.05) is 5.32 Å². The van der Waals surface area contributed by atoms with Gasteiger partial charge in [0, 0.05) is 18.2 Å². The quantitative estimate of drug-likeness (QED) is 0.538. The lowest BCUT2D eigenvalue weighted by Gasteiger charge is -2.07. The first-order chi connectivity index (χ1) is 7.63. The molecule has 0 aliphatic carbocycles. The van der Waals surface area contributed by atoms with Gasteiger partial charge < -0.3 is 10.1 Å². The van der Waals surface area contributed by atoms with E-state index < -0.39 is 0 Å². The van der Waals surface area contributed by atoms with Gasteiger partial charge in [0.05, 0.1) is 0 Å². The van der Waals surface area contributed by atoms with Crippen molar-refractivity contribution in [1.82, 2.24) is 0 Å². The van der Waals surface area contributed by atoms with E-state index in [-0.39, 0.29) is 11.8 Å². The van der Waals surface area contributed by atoms with Gasteiger partial charge in [-0.15, -0.1) is 0 Å². The second-order valence-electron chi connectivity index (χ2n) is 3.21. The van der Waals surface area contributed by atoms with Gasteiger partial charge in [-0.1, -0.05) is 12.1 Å². The summed E-state index contributed by atoms with van der Waals surface area (Å²) in [6.45, 7) is 3.41. The topological polar surface area (TPSA) is 69.0 Å². The van der Waals surface area contributed by atoms with E-state index in [0.29, 0.717) is 5.56 Å². The third-order valence-electron chi connectivity index (χ3n) is 1.80. The zero-order chi connectivity index (χ0) is 12.0. The van der Waals surface area contributed by atoms with Gasteiger partial charge in [-0.2, -0.15) is 0 Å². The van der Waals surface area contributed by atoms with E-state index in [1.807, 2.05) is 31.3 Å². The average molecular weight is 217 g/mol. The maximum absolute atomic E-state index is 7.62. The van der Waals surface area contributed by atoms with Gasteiger partial charge in [0.1, 0.15) is 0 Å². The fourth-order valence-electron chi connectivity index (χ4n) is 1.14. The summed E-state index contributed by atoms with van der Waals surface area (Å²) in [6, 6.07) is 7.30. The lowest BCUT2D eigenvalue weighted by atomic mass is 10.2. The first kappa shape index (κ1) is 12.0. The lowest BCUT2D eigenvalue weighted by molar-refractivity contribution is 0.532. The molecule has 0 spiro atoms. The zero-order valence-corrected chi connectivity index (χ0v) is 9.37. The van der Waals surface area contributed by atoms with Crippen LogP contribution in [0.4, 0.5) is 5.69 Å². The molecule has 3 N–H and O–H groups in total. The van der Waals surface area contributed by atoms with Crippen molar-refractivity contribution in [3.63, 3.8) is 0 Å². The molecule has 4 nitrogen and oxygen atoms in total. The van der Waals surface area contributed by atoms with Crippen molar-refractivity contribution in [2.45, 2.75) is 13.8 Å². The molecular formula is C12H15N3O. The van der Waals surface area contributed by atoms with Gasteiger partial charge in [-0.3, -0.25) is 10.8 Å². The number of nitrogens with one attached hydrogen (secondary N) is 3. The number of allylic oxidation sites excluding steroid dienone is 1. The number of ether oxygens (including phenoxy) is 1. The minimum absolute atomic E-state index is 0.0109. The smallest absolute Gasteiger partial charge is 0.220 e. The highest BCUT2D eigenvalue weighted by Gasteiger charge is 2.04. The van der Waals surface area contributed by atoms with Crippen molar-refractivity contribution in [3.05, 3.63) is 42.1 Å². The van der Waals surface area contributed by atoms with Gasteiger partial charge in [0.15, 0.2) is 5.90 Å². The predicted molar refractivity (Wildman–Crippen MR) is 66.2 cm³/mol. The van der Waals surface area contributed by atoms with Crippen molar-refractivity contribution in [2.24, 2.45) is 0 Å². The van der Waals surface area contributed by atoms with Crippen LogP contribution in [-0.4, -0.2) is 11.8 Å². The second kappa shape index (κ2) is 5.70. The van der Waals surface area contributed by atoms with Crippen molar-refractivity contribution in [1.29, 1.82) is 10.8 Å². The van der Waals surface area contributed by atoms with Crippen LogP contribution >= 0.6 is 0 Å². The highest BCUT2D eigenvalue weighted by Crippen LogP contribution is 2.11. The summed E-state index contributed by atoms with van der Waals surface area (Å²) in [4.78, 5) is 0. The first-order valence-corrected chi connectivity index (χ1v) is 4.93. The second-order valence-corrected chi connectivity index (χ2v) is 3.21. The molecule has 1 aromatic rings. The maximum Gasteiger partial charge on any atom is 0.220 e. The standard InChI is InChI=1S/C12H15N3O/c1-3-7-15-11-6-4-5-10(8-11)12(14)16-9(2)13/h3-8,13-15H,1-2H3/b7-3-,13-9?,14-12?. The molecule has 1 aromatic carbocycles. The fourth-order valence-corrected chi connectivity index (χ4v) is 1.14. The summed E-state index contributed by atoms with van der Waals surface area (Å²) in [5.41, 5.74) is 1.52. The SMILES string of the molecule is C/C=C\Nc1cccc(C(=N)OC(C)=N)c1. The average Bonchev–Trinajstić information content (AvgIpc) is 2.26. The molecular weight excluding hydrogens is 202 g/mol. The van der Waals surface area contributed by atoms with E-state index >= 15 is 0 Å². The Hall–Kier alpha value is -2.10. The fraction of sp³-hybridized carbons (Fsp3) is 0.167. The van der Waals surface area contributed by atoms with Crippen LogP contribution in [0.3, 0.4) is 0 Å². The molecule has 0 fully saturated rings. The maximum atomic E-state index is 7.62. The molecule has 16 heavy (non-hydrogen) atoms. The van der Waals surface area contributed by atoms with Crippen LogP contribution in [0.25, 0.3) is 0 Å². The van der Waals surface area contributed by atoms with Crippen LogP contribution in [0.2, 0.25) is 0 Å². The molecule has 84 valence electrons. The Labute approximate surface area is 95.0 Å². The Morgan fingerprint density at radius 2 is 2.12 bits per heavy atom. The third kappa shape index (κ3) is 3.57. The molecule has 0 aromatic heterocycles. The molecule has 0 aliphatic rings. The van der Waals surface area contributed by atoms with Crippen LogP contribution in [0.15, 0.2) is 36.5 Å². The number of hydrogen-bond acceptors (Lipinski definition) is 4. The molecule has 0 bridgehead atoms.